The molecule has 3 heterocycles. The van der Waals surface area contributed by atoms with Crippen molar-refractivity contribution in [2.24, 2.45) is 0 Å². The second-order valence-electron chi connectivity index (χ2n) is 6.98. The molecule has 30 heavy (non-hydrogen) atoms. The van der Waals surface area contributed by atoms with Gasteiger partial charge in [-0.15, -0.1) is 11.3 Å². The first kappa shape index (κ1) is 22.2. The molecular weight excluding hydrogens is 421 g/mol. The van der Waals surface area contributed by atoms with E-state index in [0.29, 0.717) is 12.0 Å². The number of rotatable bonds is 3. The van der Waals surface area contributed by atoms with Crippen LogP contribution in [0.5, 0.6) is 0 Å². The number of fused-ring (bicyclic) bond motifs is 1. The monoisotopic (exact) mass is 442 g/mol. The van der Waals surface area contributed by atoms with Crippen molar-refractivity contribution >= 4 is 29.2 Å². The third-order valence-electron chi connectivity index (χ3n) is 4.79. The van der Waals surface area contributed by atoms with Crippen LogP contribution in [-0.4, -0.2) is 39.7 Å². The smallest absolute Gasteiger partial charge is 0.475 e. The molecule has 2 aromatic rings. The van der Waals surface area contributed by atoms with E-state index < -0.39 is 12.1 Å². The van der Waals surface area contributed by atoms with E-state index in [2.05, 4.69) is 26.7 Å². The fourth-order valence-electron chi connectivity index (χ4n) is 3.29. The van der Waals surface area contributed by atoms with Crippen LogP contribution in [0, 0.1) is 0 Å². The van der Waals surface area contributed by atoms with Crippen molar-refractivity contribution in [2.75, 3.05) is 11.9 Å². The van der Waals surface area contributed by atoms with Gasteiger partial charge in [-0.1, -0.05) is 0 Å². The van der Waals surface area contributed by atoms with Gasteiger partial charge in [-0.05, 0) is 62.8 Å². The zero-order valence-corrected chi connectivity index (χ0v) is 16.8. The number of carboxylic acids is 1. The van der Waals surface area contributed by atoms with Crippen LogP contribution >= 0.6 is 11.3 Å². The molecule has 1 atom stereocenters. The highest BCUT2D eigenvalue weighted by atomic mass is 32.1. The summed E-state index contributed by atoms with van der Waals surface area (Å²) in [5.74, 6) is -2.45. The Balaban J connectivity index is 0.000000318. The van der Waals surface area contributed by atoms with E-state index in [9.17, 15) is 18.0 Å². The normalized spacial score (nSPS) is 18.2. The second kappa shape index (κ2) is 9.52. The Hall–Kier alpha value is -2.53. The third-order valence-corrected chi connectivity index (χ3v) is 5.98. The quantitative estimate of drug-likeness (QED) is 0.669. The highest BCUT2D eigenvalue weighted by molar-refractivity contribution is 7.14. The van der Waals surface area contributed by atoms with Crippen LogP contribution in [0.15, 0.2) is 18.3 Å². The number of thiophene rings is 1. The van der Waals surface area contributed by atoms with Gasteiger partial charge in [0.1, 0.15) is 0 Å². The molecule has 3 N–H and O–H groups in total. The van der Waals surface area contributed by atoms with E-state index in [1.807, 2.05) is 12.3 Å². The van der Waals surface area contributed by atoms with Crippen LogP contribution < -0.4 is 10.6 Å². The van der Waals surface area contributed by atoms with Gasteiger partial charge in [0.2, 0.25) is 5.95 Å². The van der Waals surface area contributed by atoms with Crippen molar-refractivity contribution in [1.29, 1.82) is 0 Å². The summed E-state index contributed by atoms with van der Waals surface area (Å²) in [6, 6.07) is 4.35. The zero-order chi connectivity index (χ0) is 21.7. The minimum atomic E-state index is -5.08. The van der Waals surface area contributed by atoms with E-state index in [0.717, 1.165) is 36.4 Å². The number of halogens is 3. The maximum atomic E-state index is 12.4. The summed E-state index contributed by atoms with van der Waals surface area (Å²) in [6.07, 6.45) is 3.53. The summed E-state index contributed by atoms with van der Waals surface area (Å²) in [5, 5.41) is 13.4. The van der Waals surface area contributed by atoms with Crippen LogP contribution in [0.25, 0.3) is 0 Å². The summed E-state index contributed by atoms with van der Waals surface area (Å²) in [7, 11) is 0. The number of nitrogens with zero attached hydrogens (tertiary/aromatic N) is 2. The van der Waals surface area contributed by atoms with Crippen molar-refractivity contribution in [2.45, 2.75) is 50.7 Å². The highest BCUT2D eigenvalue weighted by Crippen LogP contribution is 2.29. The predicted molar refractivity (Wildman–Crippen MR) is 105 cm³/mol. The maximum Gasteiger partial charge on any atom is 0.490 e. The number of anilines is 1. The second-order valence-corrected chi connectivity index (χ2v) is 8.10. The molecule has 2 aromatic heterocycles. The fraction of sp³-hybridized carbons (Fsp3) is 0.474. The van der Waals surface area contributed by atoms with E-state index in [-0.39, 0.29) is 5.91 Å². The van der Waals surface area contributed by atoms with Crippen molar-refractivity contribution in [3.8, 4) is 0 Å². The maximum absolute atomic E-state index is 12.4. The lowest BCUT2D eigenvalue weighted by atomic mass is 9.98. The Kier molecular flexibility index (Phi) is 7.03. The molecular formula is C19H21F3N4O3S. The van der Waals surface area contributed by atoms with Gasteiger partial charge in [0.05, 0.1) is 4.88 Å². The molecule has 1 unspecified atom stereocenters. The van der Waals surface area contributed by atoms with Crippen LogP contribution in [0.2, 0.25) is 0 Å². The number of hydrogen-bond donors (Lipinski definition) is 3. The number of aryl methyl sites for hydroxylation is 2. The molecule has 2 aliphatic rings. The minimum absolute atomic E-state index is 0.116. The molecule has 1 amide bonds. The van der Waals surface area contributed by atoms with Crippen molar-refractivity contribution in [3.05, 3.63) is 39.3 Å². The summed E-state index contributed by atoms with van der Waals surface area (Å²) in [5.41, 5.74) is 2.31. The summed E-state index contributed by atoms with van der Waals surface area (Å²) in [4.78, 5) is 32.1. The highest BCUT2D eigenvalue weighted by Gasteiger charge is 2.38. The van der Waals surface area contributed by atoms with Crippen LogP contribution in [0.3, 0.4) is 0 Å². The van der Waals surface area contributed by atoms with Crippen molar-refractivity contribution in [3.63, 3.8) is 0 Å². The van der Waals surface area contributed by atoms with Crippen molar-refractivity contribution in [1.82, 2.24) is 15.3 Å². The number of carbonyl (C=O) groups is 2. The van der Waals surface area contributed by atoms with E-state index in [1.54, 1.807) is 11.3 Å². The largest absolute Gasteiger partial charge is 0.490 e. The molecule has 0 bridgehead atoms. The van der Waals surface area contributed by atoms with E-state index in [1.165, 1.54) is 29.7 Å². The van der Waals surface area contributed by atoms with Gasteiger partial charge < -0.3 is 10.4 Å². The first-order valence-electron chi connectivity index (χ1n) is 9.53. The van der Waals surface area contributed by atoms with E-state index >= 15 is 0 Å². The Morgan fingerprint density at radius 3 is 2.60 bits per heavy atom. The molecule has 162 valence electrons. The molecule has 1 fully saturated rings. The van der Waals surface area contributed by atoms with Crippen LogP contribution in [0.1, 0.15) is 57.5 Å². The molecule has 1 saturated heterocycles. The van der Waals surface area contributed by atoms with Gasteiger partial charge >= 0.3 is 12.1 Å². The molecule has 0 spiro atoms. The topological polar surface area (TPSA) is 104 Å². The lowest BCUT2D eigenvalue weighted by Crippen LogP contribution is -2.21. The number of amides is 1. The summed E-state index contributed by atoms with van der Waals surface area (Å²) < 4.78 is 31.7. The Labute approximate surface area is 174 Å². The number of aromatic nitrogens is 2. The molecule has 0 saturated carbocycles. The van der Waals surface area contributed by atoms with Crippen LogP contribution in [-0.2, 0) is 17.6 Å². The first-order chi connectivity index (χ1) is 14.2. The lowest BCUT2D eigenvalue weighted by Gasteiger charge is -2.14. The molecule has 1 aliphatic heterocycles. The number of alkyl halides is 3. The van der Waals surface area contributed by atoms with Gasteiger partial charge in [-0.3, -0.25) is 10.1 Å². The van der Waals surface area contributed by atoms with Crippen LogP contribution in [0.4, 0.5) is 19.1 Å². The minimum Gasteiger partial charge on any atom is -0.475 e. The van der Waals surface area contributed by atoms with Gasteiger partial charge in [0.15, 0.2) is 0 Å². The van der Waals surface area contributed by atoms with Gasteiger partial charge in [-0.2, -0.15) is 13.2 Å². The van der Waals surface area contributed by atoms with Gasteiger partial charge in [0.25, 0.3) is 5.91 Å². The molecule has 0 aromatic carbocycles. The fourth-order valence-corrected chi connectivity index (χ4v) is 4.30. The number of hydrogen-bond acceptors (Lipinski definition) is 6. The number of carbonyl (C=O) groups excluding carboxylic acids is 1. The van der Waals surface area contributed by atoms with Gasteiger partial charge in [0, 0.05) is 22.8 Å². The number of nitrogens with one attached hydrogen (secondary N) is 2. The SMILES string of the molecule is O=C(Nc1ncc2c(n1)CCCC2)c1ccc(C2CCCN2)s1.O=C(O)C(F)(F)F. The molecule has 4 rings (SSSR count). The summed E-state index contributed by atoms with van der Waals surface area (Å²) in [6.45, 7) is 1.06. The molecule has 0 radical (unpaired) electrons. The molecule has 1 aliphatic carbocycles. The average molecular weight is 442 g/mol. The van der Waals surface area contributed by atoms with Gasteiger partial charge in [-0.25, -0.2) is 14.8 Å². The van der Waals surface area contributed by atoms with Crippen molar-refractivity contribution < 1.29 is 27.9 Å². The molecule has 11 heteroatoms. The Morgan fingerprint density at radius 2 is 1.93 bits per heavy atom. The molecule has 7 nitrogen and oxygen atoms in total. The summed E-state index contributed by atoms with van der Waals surface area (Å²) >= 11 is 1.56. The lowest BCUT2D eigenvalue weighted by molar-refractivity contribution is -0.192. The average Bonchev–Trinajstić information content (AvgIpc) is 3.39. The Bertz CT molecular complexity index is 911. The third kappa shape index (κ3) is 5.76. The number of aliphatic carboxylic acids is 1. The first-order valence-corrected chi connectivity index (χ1v) is 10.3. The zero-order valence-electron chi connectivity index (χ0n) is 16.0. The standard InChI is InChI=1S/C17H20N4OS.C2HF3O2/c22-16(15-8-7-14(23-15)13-6-3-9-18-13)21-17-19-10-11-4-1-2-5-12(11)20-17;3-2(4,5)1(6)7/h7-8,10,13,18H,1-6,9H2,(H,19,20,21,22);(H,6,7). The van der Waals surface area contributed by atoms with E-state index in [4.69, 9.17) is 9.90 Å². The number of carboxylic acid groups (broad SMARTS) is 1. The Morgan fingerprint density at radius 1 is 1.20 bits per heavy atom. The predicted octanol–water partition coefficient (Wildman–Crippen LogP) is 3.73.